The van der Waals surface area contributed by atoms with Crippen LogP contribution >= 0.6 is 15.9 Å². The zero-order chi connectivity index (χ0) is 12.9. The third-order valence-corrected chi connectivity index (χ3v) is 4.47. The lowest BCUT2D eigenvalue weighted by molar-refractivity contribution is -0.117. The predicted octanol–water partition coefficient (Wildman–Crippen LogP) is 2.68. The molecule has 0 unspecified atom stereocenters. The molecule has 1 heterocycles. The molecular formula is C13H14BrF2NO. The maximum Gasteiger partial charge on any atom is 0.144 e. The van der Waals surface area contributed by atoms with Crippen molar-refractivity contribution >= 4 is 15.9 Å². The summed E-state index contributed by atoms with van der Waals surface area (Å²) in [5.74, 6) is -0.680. The van der Waals surface area contributed by atoms with Crippen molar-refractivity contribution in [1.82, 2.24) is 4.90 Å². The lowest BCUT2D eigenvalue weighted by atomic mass is 9.88. The minimum Gasteiger partial charge on any atom is -0.387 e. The van der Waals surface area contributed by atoms with Crippen molar-refractivity contribution in [3.63, 3.8) is 0 Å². The molecule has 0 bridgehead atoms. The molecule has 1 saturated heterocycles. The van der Waals surface area contributed by atoms with E-state index in [1.54, 1.807) is 0 Å². The summed E-state index contributed by atoms with van der Waals surface area (Å²) in [5.41, 5.74) is -0.541. The molecule has 1 N–H and O–H groups in total. The Bertz CT molecular complexity index is 484. The summed E-state index contributed by atoms with van der Waals surface area (Å²) >= 11 is 3.06. The van der Waals surface area contributed by atoms with Gasteiger partial charge in [-0.3, -0.25) is 4.90 Å². The molecule has 1 aliphatic carbocycles. The molecule has 0 radical (unpaired) electrons. The molecule has 1 aromatic rings. The monoisotopic (exact) mass is 317 g/mol. The summed E-state index contributed by atoms with van der Waals surface area (Å²) in [6.45, 7) is 1.25. The third-order valence-electron chi connectivity index (χ3n) is 3.85. The predicted molar refractivity (Wildman–Crippen MR) is 67.0 cm³/mol. The van der Waals surface area contributed by atoms with Crippen LogP contribution in [-0.4, -0.2) is 28.7 Å². The first kappa shape index (κ1) is 12.5. The van der Waals surface area contributed by atoms with Crippen molar-refractivity contribution < 1.29 is 13.9 Å². The van der Waals surface area contributed by atoms with E-state index in [9.17, 15) is 13.9 Å². The summed E-state index contributed by atoms with van der Waals surface area (Å²) < 4.78 is 27.6. The highest BCUT2D eigenvalue weighted by Gasteiger charge is 2.51. The van der Waals surface area contributed by atoms with Gasteiger partial charge in [0.05, 0.1) is 10.1 Å². The van der Waals surface area contributed by atoms with E-state index >= 15 is 0 Å². The molecule has 2 nitrogen and oxygen atoms in total. The number of halogens is 3. The number of β-amino-alcohol motifs (C(OH)–C–C–N with tert-alkyl or cyclic N) is 1. The normalized spacial score (nSPS) is 22.9. The molecule has 0 spiro atoms. The van der Waals surface area contributed by atoms with E-state index in [2.05, 4.69) is 15.9 Å². The average molecular weight is 318 g/mol. The fourth-order valence-electron chi connectivity index (χ4n) is 2.66. The Morgan fingerprint density at radius 1 is 1.33 bits per heavy atom. The Hall–Kier alpha value is -0.520. The van der Waals surface area contributed by atoms with Crippen molar-refractivity contribution in [2.24, 2.45) is 5.92 Å². The molecule has 0 atom stereocenters. The van der Waals surface area contributed by atoms with Gasteiger partial charge in [0.15, 0.2) is 0 Å². The third kappa shape index (κ3) is 2.08. The van der Waals surface area contributed by atoms with E-state index in [0.717, 1.165) is 12.8 Å². The van der Waals surface area contributed by atoms with Crippen molar-refractivity contribution in [1.29, 1.82) is 0 Å². The number of aliphatic hydroxyl groups is 1. The van der Waals surface area contributed by atoms with Gasteiger partial charge in [0, 0.05) is 25.2 Å². The van der Waals surface area contributed by atoms with Gasteiger partial charge in [0.1, 0.15) is 11.6 Å². The SMILES string of the molecule is OC1(C2CC2)CN(Cc2c(F)ccc(Br)c2F)C1. The zero-order valence-corrected chi connectivity index (χ0v) is 11.4. The number of benzene rings is 1. The molecule has 5 heteroatoms. The maximum absolute atomic E-state index is 13.8. The van der Waals surface area contributed by atoms with Crippen LogP contribution in [0.15, 0.2) is 16.6 Å². The van der Waals surface area contributed by atoms with Crippen molar-refractivity contribution in [3.8, 4) is 0 Å². The standard InChI is InChI=1S/C13H14BrF2NO/c14-10-3-4-11(15)9(12(10)16)5-17-6-13(18,7-17)8-1-2-8/h3-4,8,18H,1-2,5-7H2. The van der Waals surface area contributed by atoms with E-state index < -0.39 is 17.2 Å². The second-order valence-electron chi connectivity index (χ2n) is 5.34. The minimum absolute atomic E-state index is 0.0715. The lowest BCUT2D eigenvalue weighted by Gasteiger charge is -2.47. The molecule has 2 aliphatic rings. The summed E-state index contributed by atoms with van der Waals surface area (Å²) in [5, 5.41) is 10.2. The van der Waals surface area contributed by atoms with Crippen molar-refractivity contribution in [2.45, 2.75) is 25.0 Å². The van der Waals surface area contributed by atoms with E-state index in [1.165, 1.54) is 12.1 Å². The first-order valence-corrected chi connectivity index (χ1v) is 6.86. The van der Waals surface area contributed by atoms with Crippen LogP contribution in [0.4, 0.5) is 8.78 Å². The van der Waals surface area contributed by atoms with Crippen molar-refractivity contribution in [3.05, 3.63) is 33.8 Å². The average Bonchev–Trinajstić information content (AvgIpc) is 3.11. The first-order valence-electron chi connectivity index (χ1n) is 6.07. The molecule has 0 aromatic heterocycles. The number of likely N-dealkylation sites (tertiary alicyclic amines) is 1. The van der Waals surface area contributed by atoms with Crippen LogP contribution in [0.5, 0.6) is 0 Å². The number of rotatable bonds is 3. The van der Waals surface area contributed by atoms with Gasteiger partial charge in [0.25, 0.3) is 0 Å². The molecule has 98 valence electrons. The second-order valence-corrected chi connectivity index (χ2v) is 6.20. The fourth-order valence-corrected chi connectivity index (χ4v) is 3.03. The van der Waals surface area contributed by atoms with Gasteiger partial charge in [-0.15, -0.1) is 0 Å². The van der Waals surface area contributed by atoms with Gasteiger partial charge >= 0.3 is 0 Å². The van der Waals surface area contributed by atoms with E-state index in [1.807, 2.05) is 4.90 Å². The minimum atomic E-state index is -0.612. The quantitative estimate of drug-likeness (QED) is 0.866. The fraction of sp³-hybridized carbons (Fsp3) is 0.538. The Balaban J connectivity index is 1.69. The molecular weight excluding hydrogens is 304 g/mol. The van der Waals surface area contributed by atoms with Crippen molar-refractivity contribution in [2.75, 3.05) is 13.1 Å². The van der Waals surface area contributed by atoms with Crippen LogP contribution in [0.1, 0.15) is 18.4 Å². The summed E-state index contributed by atoms with van der Waals surface area (Å²) in [4.78, 5) is 1.88. The first-order chi connectivity index (χ1) is 8.49. The highest BCUT2D eigenvalue weighted by Crippen LogP contribution is 2.45. The molecule has 3 rings (SSSR count). The maximum atomic E-state index is 13.8. The van der Waals surface area contributed by atoms with Gasteiger partial charge in [-0.1, -0.05) is 0 Å². The summed E-state index contributed by atoms with van der Waals surface area (Å²) in [6, 6.07) is 2.63. The van der Waals surface area contributed by atoms with E-state index in [-0.39, 0.29) is 16.6 Å². The molecule has 1 aromatic carbocycles. The van der Waals surface area contributed by atoms with Crippen LogP contribution < -0.4 is 0 Å². The summed E-state index contributed by atoms with van der Waals surface area (Å²) in [7, 11) is 0. The Morgan fingerprint density at radius 3 is 2.61 bits per heavy atom. The Kier molecular flexibility index (Phi) is 2.95. The van der Waals surface area contributed by atoms with Gasteiger partial charge in [0.2, 0.25) is 0 Å². The van der Waals surface area contributed by atoms with Crippen LogP contribution in [0.25, 0.3) is 0 Å². The molecule has 18 heavy (non-hydrogen) atoms. The molecule has 1 saturated carbocycles. The van der Waals surface area contributed by atoms with Crippen LogP contribution in [0, 0.1) is 17.6 Å². The number of hydrogen-bond donors (Lipinski definition) is 1. The van der Waals surface area contributed by atoms with Gasteiger partial charge in [-0.05, 0) is 46.8 Å². The topological polar surface area (TPSA) is 23.5 Å². The van der Waals surface area contributed by atoms with Crippen LogP contribution in [0.2, 0.25) is 0 Å². The Morgan fingerprint density at radius 2 is 2.00 bits per heavy atom. The van der Waals surface area contributed by atoms with E-state index in [4.69, 9.17) is 0 Å². The highest BCUT2D eigenvalue weighted by atomic mass is 79.9. The molecule has 1 aliphatic heterocycles. The van der Waals surface area contributed by atoms with E-state index in [0.29, 0.717) is 19.0 Å². The second kappa shape index (κ2) is 4.25. The van der Waals surface area contributed by atoms with Gasteiger partial charge in [-0.2, -0.15) is 0 Å². The smallest absolute Gasteiger partial charge is 0.144 e. The van der Waals surface area contributed by atoms with Crippen LogP contribution in [0.3, 0.4) is 0 Å². The van der Waals surface area contributed by atoms with Gasteiger partial charge in [-0.25, -0.2) is 8.78 Å². The largest absolute Gasteiger partial charge is 0.387 e. The number of nitrogens with zero attached hydrogens (tertiary/aromatic N) is 1. The molecule has 0 amide bonds. The summed E-state index contributed by atoms with van der Waals surface area (Å²) in [6.07, 6.45) is 2.15. The zero-order valence-electron chi connectivity index (χ0n) is 9.80. The lowest BCUT2D eigenvalue weighted by Crippen LogP contribution is -2.62. The van der Waals surface area contributed by atoms with Gasteiger partial charge < -0.3 is 5.11 Å². The Labute approximate surface area is 113 Å². The number of hydrogen-bond acceptors (Lipinski definition) is 2. The van der Waals surface area contributed by atoms with Crippen LogP contribution in [-0.2, 0) is 6.54 Å². The molecule has 2 fully saturated rings. The highest BCUT2D eigenvalue weighted by molar-refractivity contribution is 9.10.